The molecule has 66 valence electrons. The number of carbonyl (C=O) groups is 1. The number of hydrogen-bond donors (Lipinski definition) is 1. The fourth-order valence-electron chi connectivity index (χ4n) is 3.90. The molecule has 0 heterocycles. The van der Waals surface area contributed by atoms with Gasteiger partial charge in [-0.15, -0.1) is 0 Å². The Labute approximate surface area is 72.0 Å². The Morgan fingerprint density at radius 3 is 2.17 bits per heavy atom. The standard InChI is InChI=1S/C10H14O2/c11-10(12)9-7-4-8(9)6-2-1-5(7)3-6/h5-9H,1-4H2,(H,11,12). The average Bonchev–Trinajstić information content (AvgIpc) is 2.26. The molecule has 0 aliphatic heterocycles. The Kier molecular flexibility index (Phi) is 1.18. The van der Waals surface area contributed by atoms with Gasteiger partial charge < -0.3 is 5.11 Å². The van der Waals surface area contributed by atoms with Crippen LogP contribution < -0.4 is 0 Å². The molecule has 4 atom stereocenters. The minimum absolute atomic E-state index is 0.0521. The van der Waals surface area contributed by atoms with Gasteiger partial charge in [-0.2, -0.15) is 0 Å². The number of carboxylic acids is 1. The normalized spacial score (nSPS) is 54.8. The van der Waals surface area contributed by atoms with E-state index in [9.17, 15) is 4.79 Å². The van der Waals surface area contributed by atoms with Crippen molar-refractivity contribution in [1.29, 1.82) is 0 Å². The molecule has 0 aromatic carbocycles. The SMILES string of the molecule is O=C(O)C1C2CC1C1CCC2C1. The van der Waals surface area contributed by atoms with E-state index in [0.717, 1.165) is 11.8 Å². The Bertz CT molecular complexity index is 220. The molecule has 4 bridgehead atoms. The Hall–Kier alpha value is -0.530. The van der Waals surface area contributed by atoms with Crippen molar-refractivity contribution in [3.05, 3.63) is 0 Å². The summed E-state index contributed by atoms with van der Waals surface area (Å²) in [6, 6.07) is 0. The van der Waals surface area contributed by atoms with E-state index in [1.165, 1.54) is 25.7 Å². The zero-order chi connectivity index (χ0) is 8.29. The molecule has 4 fully saturated rings. The minimum Gasteiger partial charge on any atom is -0.481 e. The second-order valence-corrected chi connectivity index (χ2v) is 4.76. The van der Waals surface area contributed by atoms with Gasteiger partial charge in [-0.05, 0) is 49.4 Å². The molecule has 0 amide bonds. The van der Waals surface area contributed by atoms with E-state index in [2.05, 4.69) is 0 Å². The van der Waals surface area contributed by atoms with Crippen LogP contribution in [-0.4, -0.2) is 11.1 Å². The Balaban J connectivity index is 1.90. The number of aliphatic carboxylic acids is 1. The molecule has 12 heavy (non-hydrogen) atoms. The first kappa shape index (κ1) is 6.93. The molecule has 2 nitrogen and oxygen atoms in total. The molecule has 4 unspecified atom stereocenters. The third-order valence-corrected chi connectivity index (χ3v) is 4.48. The van der Waals surface area contributed by atoms with E-state index in [0.29, 0.717) is 11.8 Å². The van der Waals surface area contributed by atoms with Crippen molar-refractivity contribution in [2.24, 2.45) is 29.6 Å². The lowest BCUT2D eigenvalue weighted by Gasteiger charge is -2.51. The van der Waals surface area contributed by atoms with Crippen LogP contribution in [0.5, 0.6) is 0 Å². The summed E-state index contributed by atoms with van der Waals surface area (Å²) in [5, 5.41) is 9.00. The Morgan fingerprint density at radius 1 is 1.08 bits per heavy atom. The third-order valence-electron chi connectivity index (χ3n) is 4.48. The maximum Gasteiger partial charge on any atom is 0.307 e. The van der Waals surface area contributed by atoms with Crippen molar-refractivity contribution < 1.29 is 9.90 Å². The minimum atomic E-state index is -0.521. The first-order valence-electron chi connectivity index (χ1n) is 5.00. The lowest BCUT2D eigenvalue weighted by atomic mass is 9.52. The molecule has 0 aromatic heterocycles. The smallest absolute Gasteiger partial charge is 0.307 e. The largest absolute Gasteiger partial charge is 0.481 e. The highest BCUT2D eigenvalue weighted by molar-refractivity contribution is 5.72. The highest BCUT2D eigenvalue weighted by Crippen LogP contribution is 2.62. The van der Waals surface area contributed by atoms with Crippen LogP contribution in [0.25, 0.3) is 0 Å². The Morgan fingerprint density at radius 2 is 1.67 bits per heavy atom. The van der Waals surface area contributed by atoms with Gasteiger partial charge in [0.15, 0.2) is 0 Å². The van der Waals surface area contributed by atoms with Crippen LogP contribution in [0, 0.1) is 29.6 Å². The van der Waals surface area contributed by atoms with E-state index in [-0.39, 0.29) is 5.92 Å². The van der Waals surface area contributed by atoms with E-state index in [1.807, 2.05) is 0 Å². The summed E-state index contributed by atoms with van der Waals surface area (Å²) >= 11 is 0. The quantitative estimate of drug-likeness (QED) is 0.644. The summed E-state index contributed by atoms with van der Waals surface area (Å²) in [5.74, 6) is 2.21. The van der Waals surface area contributed by atoms with Gasteiger partial charge in [-0.1, -0.05) is 0 Å². The van der Waals surface area contributed by atoms with E-state index < -0.39 is 5.97 Å². The molecule has 4 aliphatic rings. The van der Waals surface area contributed by atoms with Gasteiger partial charge in [0, 0.05) is 0 Å². The average molecular weight is 166 g/mol. The molecule has 2 heteroatoms. The fraction of sp³-hybridized carbons (Fsp3) is 0.900. The zero-order valence-corrected chi connectivity index (χ0v) is 7.07. The molecule has 4 saturated carbocycles. The molecule has 0 saturated heterocycles. The van der Waals surface area contributed by atoms with Gasteiger partial charge in [-0.25, -0.2) is 0 Å². The summed E-state index contributed by atoms with van der Waals surface area (Å²) in [7, 11) is 0. The molecule has 4 rings (SSSR count). The zero-order valence-electron chi connectivity index (χ0n) is 7.07. The molecule has 1 N–H and O–H groups in total. The lowest BCUT2D eigenvalue weighted by Crippen LogP contribution is -2.50. The van der Waals surface area contributed by atoms with Crippen molar-refractivity contribution in [2.75, 3.05) is 0 Å². The van der Waals surface area contributed by atoms with Gasteiger partial charge in [-0.3, -0.25) is 4.79 Å². The summed E-state index contributed by atoms with van der Waals surface area (Å²) in [6.45, 7) is 0. The molecule has 0 radical (unpaired) electrons. The van der Waals surface area contributed by atoms with Crippen molar-refractivity contribution in [3.63, 3.8) is 0 Å². The molecule has 0 spiro atoms. The third kappa shape index (κ3) is 0.644. The van der Waals surface area contributed by atoms with Crippen LogP contribution in [0.1, 0.15) is 25.7 Å². The predicted molar refractivity (Wildman–Crippen MR) is 43.6 cm³/mol. The number of rotatable bonds is 1. The van der Waals surface area contributed by atoms with Crippen molar-refractivity contribution in [1.82, 2.24) is 0 Å². The molecule has 0 aromatic rings. The first-order valence-corrected chi connectivity index (χ1v) is 5.00. The van der Waals surface area contributed by atoms with Gasteiger partial charge in [0.05, 0.1) is 5.92 Å². The monoisotopic (exact) mass is 166 g/mol. The van der Waals surface area contributed by atoms with Gasteiger partial charge >= 0.3 is 5.97 Å². The first-order chi connectivity index (χ1) is 5.77. The highest BCUT2D eigenvalue weighted by Gasteiger charge is 2.58. The van der Waals surface area contributed by atoms with E-state index in [1.54, 1.807) is 0 Å². The van der Waals surface area contributed by atoms with Crippen LogP contribution in [0.3, 0.4) is 0 Å². The van der Waals surface area contributed by atoms with E-state index in [4.69, 9.17) is 5.11 Å². The topological polar surface area (TPSA) is 37.3 Å². The summed E-state index contributed by atoms with van der Waals surface area (Å²) in [4.78, 5) is 10.9. The summed E-state index contributed by atoms with van der Waals surface area (Å²) in [5.41, 5.74) is 0. The molecular weight excluding hydrogens is 152 g/mol. The van der Waals surface area contributed by atoms with Crippen LogP contribution in [0.2, 0.25) is 0 Å². The maximum atomic E-state index is 10.9. The van der Waals surface area contributed by atoms with Gasteiger partial charge in [0.25, 0.3) is 0 Å². The van der Waals surface area contributed by atoms with Gasteiger partial charge in [0.2, 0.25) is 0 Å². The van der Waals surface area contributed by atoms with Crippen LogP contribution >= 0.6 is 0 Å². The summed E-state index contributed by atoms with van der Waals surface area (Å²) in [6.07, 6.45) is 5.20. The van der Waals surface area contributed by atoms with Crippen LogP contribution in [-0.2, 0) is 4.79 Å². The summed E-state index contributed by atoms with van der Waals surface area (Å²) < 4.78 is 0. The molecular formula is C10H14O2. The van der Waals surface area contributed by atoms with Crippen molar-refractivity contribution in [2.45, 2.75) is 25.7 Å². The van der Waals surface area contributed by atoms with Crippen LogP contribution in [0.4, 0.5) is 0 Å². The van der Waals surface area contributed by atoms with E-state index >= 15 is 0 Å². The van der Waals surface area contributed by atoms with Crippen LogP contribution in [0.15, 0.2) is 0 Å². The second kappa shape index (κ2) is 2.04. The maximum absolute atomic E-state index is 10.9. The van der Waals surface area contributed by atoms with Crippen molar-refractivity contribution >= 4 is 5.97 Å². The predicted octanol–water partition coefficient (Wildman–Crippen LogP) is 1.75. The second-order valence-electron chi connectivity index (χ2n) is 4.76. The number of carboxylic acid groups (broad SMARTS) is 1. The lowest BCUT2D eigenvalue weighted by molar-refractivity contribution is -0.161. The number of hydrogen-bond acceptors (Lipinski definition) is 1. The van der Waals surface area contributed by atoms with Crippen molar-refractivity contribution in [3.8, 4) is 0 Å². The van der Waals surface area contributed by atoms with Gasteiger partial charge in [0.1, 0.15) is 0 Å². The highest BCUT2D eigenvalue weighted by atomic mass is 16.4. The fourth-order valence-corrected chi connectivity index (χ4v) is 3.90. The molecule has 4 aliphatic carbocycles.